The van der Waals surface area contributed by atoms with Crippen LogP contribution in [-0.4, -0.2) is 25.8 Å². The molecule has 1 aromatic rings. The monoisotopic (exact) mass is 325 g/mol. The van der Waals surface area contributed by atoms with Crippen LogP contribution in [0.25, 0.3) is 0 Å². The molecule has 7 heteroatoms. The van der Waals surface area contributed by atoms with E-state index in [0.717, 1.165) is 12.5 Å². The number of rotatable bonds is 3. The molecule has 0 aromatic heterocycles. The molecule has 0 spiro atoms. The molecular formula is C12H14Cl2FNO2S. The van der Waals surface area contributed by atoms with Gasteiger partial charge in [0, 0.05) is 23.7 Å². The summed E-state index contributed by atoms with van der Waals surface area (Å²) < 4.78 is 40.3. The first kappa shape index (κ1) is 15.0. The van der Waals surface area contributed by atoms with Crippen LogP contribution < -0.4 is 0 Å². The third-order valence-electron chi connectivity index (χ3n) is 3.23. The first-order chi connectivity index (χ1) is 8.86. The van der Waals surface area contributed by atoms with Crippen LogP contribution in [0.4, 0.5) is 4.39 Å². The fourth-order valence-corrected chi connectivity index (χ4v) is 4.36. The summed E-state index contributed by atoms with van der Waals surface area (Å²) in [6.45, 7) is 2.78. The van der Waals surface area contributed by atoms with Gasteiger partial charge in [0.15, 0.2) is 0 Å². The zero-order valence-electron chi connectivity index (χ0n) is 10.4. The molecule has 1 aliphatic rings. The molecule has 1 aromatic carbocycles. The molecule has 1 saturated heterocycles. The van der Waals surface area contributed by atoms with Gasteiger partial charge >= 0.3 is 0 Å². The summed E-state index contributed by atoms with van der Waals surface area (Å²) in [5, 5.41) is 0.169. The van der Waals surface area contributed by atoms with Gasteiger partial charge in [0.2, 0.25) is 10.0 Å². The molecule has 0 saturated carbocycles. The first-order valence-electron chi connectivity index (χ1n) is 5.90. The van der Waals surface area contributed by atoms with Crippen LogP contribution in [0.2, 0.25) is 5.02 Å². The Morgan fingerprint density at radius 2 is 2.16 bits per heavy atom. The topological polar surface area (TPSA) is 37.4 Å². The summed E-state index contributed by atoms with van der Waals surface area (Å²) in [6.07, 6.45) is 0.782. The minimum atomic E-state index is -3.84. The summed E-state index contributed by atoms with van der Waals surface area (Å²) >= 11 is 11.4. The van der Waals surface area contributed by atoms with Crippen molar-refractivity contribution in [2.45, 2.75) is 24.1 Å². The Labute approximate surface area is 122 Å². The maximum Gasteiger partial charge on any atom is 0.246 e. The number of hydrogen-bond donors (Lipinski definition) is 0. The van der Waals surface area contributed by atoms with E-state index in [1.807, 2.05) is 6.92 Å². The Bertz CT molecular complexity index is 592. The molecule has 3 nitrogen and oxygen atoms in total. The van der Waals surface area contributed by atoms with Gasteiger partial charge in [-0.3, -0.25) is 0 Å². The van der Waals surface area contributed by atoms with Gasteiger partial charge in [0.05, 0.1) is 5.88 Å². The van der Waals surface area contributed by atoms with E-state index in [1.54, 1.807) is 0 Å². The Hall–Kier alpha value is -0.360. The van der Waals surface area contributed by atoms with Crippen molar-refractivity contribution < 1.29 is 12.8 Å². The second-order valence-corrected chi connectivity index (χ2v) is 7.38. The molecule has 1 aliphatic heterocycles. The third-order valence-corrected chi connectivity index (χ3v) is 5.60. The van der Waals surface area contributed by atoms with Crippen LogP contribution in [-0.2, 0) is 15.9 Å². The Morgan fingerprint density at radius 3 is 2.68 bits per heavy atom. The van der Waals surface area contributed by atoms with Crippen molar-refractivity contribution in [2.75, 3.05) is 13.1 Å². The highest BCUT2D eigenvalue weighted by molar-refractivity contribution is 7.89. The van der Waals surface area contributed by atoms with E-state index in [-0.39, 0.29) is 27.3 Å². The maximum absolute atomic E-state index is 14.2. The van der Waals surface area contributed by atoms with Crippen LogP contribution in [0.15, 0.2) is 17.0 Å². The van der Waals surface area contributed by atoms with Gasteiger partial charge in [0.25, 0.3) is 0 Å². The maximum atomic E-state index is 14.2. The predicted molar refractivity (Wildman–Crippen MR) is 73.5 cm³/mol. The van der Waals surface area contributed by atoms with Gasteiger partial charge in [-0.2, -0.15) is 4.31 Å². The largest absolute Gasteiger partial charge is 0.246 e. The molecule has 1 heterocycles. The lowest BCUT2D eigenvalue weighted by Gasteiger charge is -2.17. The Morgan fingerprint density at radius 1 is 1.47 bits per heavy atom. The number of benzene rings is 1. The van der Waals surface area contributed by atoms with Crippen LogP contribution >= 0.6 is 23.2 Å². The lowest BCUT2D eigenvalue weighted by Crippen LogP contribution is -2.29. The number of nitrogens with zero attached hydrogens (tertiary/aromatic N) is 1. The normalized spacial score (nSPS) is 20.9. The minimum absolute atomic E-state index is 0.0972. The molecule has 1 fully saturated rings. The van der Waals surface area contributed by atoms with E-state index < -0.39 is 15.8 Å². The van der Waals surface area contributed by atoms with Crippen molar-refractivity contribution in [1.29, 1.82) is 0 Å². The summed E-state index contributed by atoms with van der Waals surface area (Å²) in [5.41, 5.74) is 0.0972. The van der Waals surface area contributed by atoms with E-state index in [4.69, 9.17) is 23.2 Å². The van der Waals surface area contributed by atoms with E-state index in [1.165, 1.54) is 10.4 Å². The quantitative estimate of drug-likeness (QED) is 0.800. The standard InChI is InChI=1S/C12H14Cl2FNO2S/c1-8-2-3-16(7-8)19(17,18)11-5-10(14)4-9(6-13)12(11)15/h4-5,8H,2-3,6-7H2,1H3. The summed E-state index contributed by atoms with van der Waals surface area (Å²) in [5.74, 6) is -0.644. The molecule has 1 unspecified atom stereocenters. The second kappa shape index (κ2) is 5.56. The van der Waals surface area contributed by atoms with E-state index in [2.05, 4.69) is 0 Å². The van der Waals surface area contributed by atoms with Gasteiger partial charge in [-0.25, -0.2) is 12.8 Å². The molecule has 19 heavy (non-hydrogen) atoms. The molecule has 0 amide bonds. The van der Waals surface area contributed by atoms with Crippen molar-refractivity contribution in [1.82, 2.24) is 4.31 Å². The average Bonchev–Trinajstić information content (AvgIpc) is 2.79. The SMILES string of the molecule is CC1CCN(S(=O)(=O)c2cc(Cl)cc(CCl)c2F)C1. The van der Waals surface area contributed by atoms with E-state index in [9.17, 15) is 12.8 Å². The summed E-state index contributed by atoms with van der Waals surface area (Å²) in [7, 11) is -3.84. The van der Waals surface area contributed by atoms with Gasteiger partial charge in [-0.1, -0.05) is 18.5 Å². The van der Waals surface area contributed by atoms with Crippen LogP contribution in [0.1, 0.15) is 18.9 Å². The second-order valence-electron chi connectivity index (χ2n) is 4.77. The molecule has 106 valence electrons. The zero-order chi connectivity index (χ0) is 14.2. The average molecular weight is 326 g/mol. The number of sulfonamides is 1. The smallest absolute Gasteiger partial charge is 0.207 e. The Kier molecular flexibility index (Phi) is 4.40. The fourth-order valence-electron chi connectivity index (χ4n) is 2.16. The minimum Gasteiger partial charge on any atom is -0.207 e. The zero-order valence-corrected chi connectivity index (χ0v) is 12.7. The summed E-state index contributed by atoms with van der Waals surface area (Å²) in [4.78, 5) is -0.384. The van der Waals surface area contributed by atoms with Crippen LogP contribution in [0.3, 0.4) is 0 Å². The first-order valence-corrected chi connectivity index (χ1v) is 8.25. The third kappa shape index (κ3) is 2.89. The highest BCUT2D eigenvalue weighted by Gasteiger charge is 2.33. The van der Waals surface area contributed by atoms with E-state index in [0.29, 0.717) is 13.1 Å². The van der Waals surface area contributed by atoms with Crippen molar-refractivity contribution in [2.24, 2.45) is 5.92 Å². The van der Waals surface area contributed by atoms with Crippen molar-refractivity contribution in [3.8, 4) is 0 Å². The Balaban J connectivity index is 2.49. The van der Waals surface area contributed by atoms with Gasteiger partial charge < -0.3 is 0 Å². The highest BCUT2D eigenvalue weighted by Crippen LogP contribution is 2.30. The fraction of sp³-hybridized carbons (Fsp3) is 0.500. The molecule has 0 aliphatic carbocycles. The van der Waals surface area contributed by atoms with Crippen molar-refractivity contribution in [3.63, 3.8) is 0 Å². The van der Waals surface area contributed by atoms with Gasteiger partial charge in [-0.05, 0) is 24.5 Å². The lowest BCUT2D eigenvalue weighted by molar-refractivity contribution is 0.457. The molecule has 0 bridgehead atoms. The number of halogens is 3. The van der Waals surface area contributed by atoms with E-state index >= 15 is 0 Å². The van der Waals surface area contributed by atoms with Gasteiger partial charge in [-0.15, -0.1) is 11.6 Å². The molecule has 2 rings (SSSR count). The van der Waals surface area contributed by atoms with Gasteiger partial charge in [0.1, 0.15) is 10.7 Å². The lowest BCUT2D eigenvalue weighted by atomic mass is 10.2. The number of alkyl halides is 1. The predicted octanol–water partition coefficient (Wildman–Crippen LogP) is 3.25. The van der Waals surface area contributed by atoms with Crippen molar-refractivity contribution >= 4 is 33.2 Å². The summed E-state index contributed by atoms with van der Waals surface area (Å²) in [6, 6.07) is 2.49. The molecule has 1 atom stereocenters. The molecule has 0 radical (unpaired) electrons. The number of hydrogen-bond acceptors (Lipinski definition) is 2. The van der Waals surface area contributed by atoms with Crippen molar-refractivity contribution in [3.05, 3.63) is 28.5 Å². The highest BCUT2D eigenvalue weighted by atomic mass is 35.5. The molecule has 0 N–H and O–H groups in total. The van der Waals surface area contributed by atoms with Crippen LogP contribution in [0, 0.1) is 11.7 Å². The molecular weight excluding hydrogens is 312 g/mol. The van der Waals surface area contributed by atoms with Crippen LogP contribution in [0.5, 0.6) is 0 Å².